The molecule has 1 aliphatic rings. The Morgan fingerprint density at radius 3 is 2.60 bits per heavy atom. The van der Waals surface area contributed by atoms with Crippen molar-refractivity contribution in [3.05, 3.63) is 23.8 Å². The Balaban J connectivity index is 1.94. The first-order chi connectivity index (χ1) is 9.45. The molecule has 2 unspecified atom stereocenters. The van der Waals surface area contributed by atoms with Crippen molar-refractivity contribution in [3.8, 4) is 5.75 Å². The molecule has 0 bridgehead atoms. The van der Waals surface area contributed by atoms with Crippen molar-refractivity contribution >= 4 is 17.7 Å². The summed E-state index contributed by atoms with van der Waals surface area (Å²) in [7, 11) is 0. The number of carbonyl (C=O) groups excluding carboxylic acids is 1. The number of carboxylic acids is 1. The van der Waals surface area contributed by atoms with E-state index in [1.165, 1.54) is 18.2 Å². The molecule has 6 nitrogen and oxygen atoms in total. The van der Waals surface area contributed by atoms with Crippen molar-refractivity contribution in [1.29, 1.82) is 0 Å². The molecule has 0 aromatic heterocycles. The SMILES string of the molecule is CC1CCC(NC(=O)Nc2ccc(C(=O)O)c(O)c2)C1. The number of nitrogens with one attached hydrogen (secondary N) is 2. The lowest BCUT2D eigenvalue weighted by atomic mass is 10.1. The molecule has 0 heterocycles. The first kappa shape index (κ1) is 14.2. The number of rotatable bonds is 3. The molecular formula is C14H18N2O4. The third kappa shape index (κ3) is 3.40. The Labute approximate surface area is 116 Å². The normalized spacial score (nSPS) is 21.4. The maximum absolute atomic E-state index is 11.8. The number of aromatic carboxylic acids is 1. The van der Waals surface area contributed by atoms with Crippen molar-refractivity contribution < 1.29 is 19.8 Å². The zero-order valence-electron chi connectivity index (χ0n) is 11.2. The van der Waals surface area contributed by atoms with Gasteiger partial charge in [0.1, 0.15) is 11.3 Å². The second-order valence-electron chi connectivity index (χ2n) is 5.25. The number of amides is 2. The second-order valence-corrected chi connectivity index (χ2v) is 5.25. The van der Waals surface area contributed by atoms with Crippen LogP contribution in [0.2, 0.25) is 0 Å². The first-order valence-corrected chi connectivity index (χ1v) is 6.59. The molecule has 108 valence electrons. The molecule has 4 N–H and O–H groups in total. The summed E-state index contributed by atoms with van der Waals surface area (Å²) in [6, 6.07) is 3.76. The maximum atomic E-state index is 11.8. The van der Waals surface area contributed by atoms with E-state index in [0.29, 0.717) is 11.6 Å². The standard InChI is InChI=1S/C14H18N2O4/c1-8-2-3-9(6-8)15-14(20)16-10-4-5-11(13(18)19)12(17)7-10/h4-5,7-9,17H,2-3,6H2,1H3,(H,18,19)(H2,15,16,20). The first-order valence-electron chi connectivity index (χ1n) is 6.59. The highest BCUT2D eigenvalue weighted by Gasteiger charge is 2.22. The lowest BCUT2D eigenvalue weighted by Crippen LogP contribution is -2.36. The van der Waals surface area contributed by atoms with Crippen molar-refractivity contribution in [2.75, 3.05) is 5.32 Å². The topological polar surface area (TPSA) is 98.7 Å². The molecule has 1 aromatic carbocycles. The third-order valence-corrected chi connectivity index (χ3v) is 3.52. The van der Waals surface area contributed by atoms with Gasteiger partial charge in [-0.25, -0.2) is 9.59 Å². The minimum Gasteiger partial charge on any atom is -0.507 e. The number of aromatic hydroxyl groups is 1. The summed E-state index contributed by atoms with van der Waals surface area (Å²) in [5.41, 5.74) is 0.164. The van der Waals surface area contributed by atoms with E-state index in [1.54, 1.807) is 0 Å². The van der Waals surface area contributed by atoms with Crippen LogP contribution in [0, 0.1) is 5.92 Å². The fourth-order valence-corrected chi connectivity index (χ4v) is 2.48. The summed E-state index contributed by atoms with van der Waals surface area (Å²) < 4.78 is 0. The lowest BCUT2D eigenvalue weighted by molar-refractivity contribution is 0.0694. The van der Waals surface area contributed by atoms with E-state index in [2.05, 4.69) is 17.6 Å². The quantitative estimate of drug-likeness (QED) is 0.682. The van der Waals surface area contributed by atoms with Gasteiger partial charge in [0.25, 0.3) is 0 Å². The predicted octanol–water partition coefficient (Wildman–Crippen LogP) is 2.40. The van der Waals surface area contributed by atoms with E-state index in [4.69, 9.17) is 5.11 Å². The minimum atomic E-state index is -1.21. The third-order valence-electron chi connectivity index (χ3n) is 3.52. The molecule has 1 fully saturated rings. The van der Waals surface area contributed by atoms with Gasteiger partial charge in [-0.15, -0.1) is 0 Å². The van der Waals surface area contributed by atoms with E-state index < -0.39 is 5.97 Å². The molecule has 20 heavy (non-hydrogen) atoms. The highest BCUT2D eigenvalue weighted by atomic mass is 16.4. The summed E-state index contributed by atoms with van der Waals surface area (Å²) in [6.07, 6.45) is 3.05. The van der Waals surface area contributed by atoms with E-state index in [0.717, 1.165) is 19.3 Å². The van der Waals surface area contributed by atoms with Gasteiger partial charge in [-0.1, -0.05) is 6.92 Å². The molecule has 1 saturated carbocycles. The highest BCUT2D eigenvalue weighted by Crippen LogP contribution is 2.25. The van der Waals surface area contributed by atoms with Crippen molar-refractivity contribution in [3.63, 3.8) is 0 Å². The van der Waals surface area contributed by atoms with Crippen LogP contribution in [0.3, 0.4) is 0 Å². The minimum absolute atomic E-state index is 0.178. The van der Waals surface area contributed by atoms with Crippen LogP contribution in [0.15, 0.2) is 18.2 Å². The average Bonchev–Trinajstić information content (AvgIpc) is 2.74. The van der Waals surface area contributed by atoms with Crippen molar-refractivity contribution in [1.82, 2.24) is 5.32 Å². The van der Waals surface area contributed by atoms with E-state index in [-0.39, 0.29) is 23.4 Å². The molecule has 2 rings (SSSR count). The summed E-state index contributed by atoms with van der Waals surface area (Å²) in [5.74, 6) is -0.956. The number of hydrogen-bond donors (Lipinski definition) is 4. The average molecular weight is 278 g/mol. The maximum Gasteiger partial charge on any atom is 0.339 e. The Kier molecular flexibility index (Phi) is 4.12. The van der Waals surface area contributed by atoms with Crippen LogP contribution in [0.5, 0.6) is 5.75 Å². The zero-order chi connectivity index (χ0) is 14.7. The van der Waals surface area contributed by atoms with Crippen LogP contribution >= 0.6 is 0 Å². The Morgan fingerprint density at radius 1 is 1.30 bits per heavy atom. The van der Waals surface area contributed by atoms with E-state index >= 15 is 0 Å². The number of carboxylic acid groups (broad SMARTS) is 1. The van der Waals surface area contributed by atoms with Crippen molar-refractivity contribution in [2.45, 2.75) is 32.2 Å². The largest absolute Gasteiger partial charge is 0.507 e. The van der Waals surface area contributed by atoms with Crippen LogP contribution in [-0.2, 0) is 0 Å². The zero-order valence-corrected chi connectivity index (χ0v) is 11.2. The van der Waals surface area contributed by atoms with Gasteiger partial charge >= 0.3 is 12.0 Å². The van der Waals surface area contributed by atoms with Crippen LogP contribution in [0.4, 0.5) is 10.5 Å². The summed E-state index contributed by atoms with van der Waals surface area (Å²) in [5, 5.41) is 23.8. The molecule has 1 aromatic rings. The summed E-state index contributed by atoms with van der Waals surface area (Å²) >= 11 is 0. The van der Waals surface area contributed by atoms with Gasteiger partial charge in [0, 0.05) is 17.8 Å². The summed E-state index contributed by atoms with van der Waals surface area (Å²) in [6.45, 7) is 2.16. The van der Waals surface area contributed by atoms with Gasteiger partial charge in [0.15, 0.2) is 0 Å². The van der Waals surface area contributed by atoms with Gasteiger partial charge in [-0.2, -0.15) is 0 Å². The molecule has 0 aliphatic heterocycles. The Hall–Kier alpha value is -2.24. The van der Waals surface area contributed by atoms with Gasteiger partial charge in [-0.05, 0) is 37.3 Å². The monoisotopic (exact) mass is 278 g/mol. The molecule has 1 aliphatic carbocycles. The molecule has 0 saturated heterocycles. The van der Waals surface area contributed by atoms with Gasteiger partial charge in [0.05, 0.1) is 0 Å². The van der Waals surface area contributed by atoms with Gasteiger partial charge < -0.3 is 20.8 Å². The van der Waals surface area contributed by atoms with Crippen molar-refractivity contribution in [2.24, 2.45) is 5.92 Å². The van der Waals surface area contributed by atoms with Crippen LogP contribution in [0.1, 0.15) is 36.5 Å². The second kappa shape index (κ2) is 5.81. The smallest absolute Gasteiger partial charge is 0.339 e. The number of hydrogen-bond acceptors (Lipinski definition) is 3. The number of benzene rings is 1. The van der Waals surface area contributed by atoms with E-state index in [1.807, 2.05) is 0 Å². The Morgan fingerprint density at radius 2 is 2.05 bits per heavy atom. The van der Waals surface area contributed by atoms with Gasteiger partial charge in [0.2, 0.25) is 0 Å². The fraction of sp³-hybridized carbons (Fsp3) is 0.429. The molecule has 2 atom stereocenters. The Bertz CT molecular complexity index is 530. The van der Waals surface area contributed by atoms with Gasteiger partial charge in [-0.3, -0.25) is 0 Å². The molecule has 6 heteroatoms. The molecule has 2 amide bonds. The van der Waals surface area contributed by atoms with Crippen LogP contribution < -0.4 is 10.6 Å². The lowest BCUT2D eigenvalue weighted by Gasteiger charge is -2.13. The van der Waals surface area contributed by atoms with Crippen LogP contribution in [-0.4, -0.2) is 28.3 Å². The fourth-order valence-electron chi connectivity index (χ4n) is 2.48. The molecule has 0 spiro atoms. The molecular weight excluding hydrogens is 260 g/mol. The molecule has 0 radical (unpaired) electrons. The number of anilines is 1. The highest BCUT2D eigenvalue weighted by molar-refractivity contribution is 5.94. The number of carbonyl (C=O) groups is 2. The summed E-state index contributed by atoms with van der Waals surface area (Å²) in [4.78, 5) is 22.5. The predicted molar refractivity (Wildman–Crippen MR) is 74.0 cm³/mol. The number of urea groups is 1. The van der Waals surface area contributed by atoms with E-state index in [9.17, 15) is 14.7 Å². The van der Waals surface area contributed by atoms with Crippen LogP contribution in [0.25, 0.3) is 0 Å². The number of phenols is 1.